The quantitative estimate of drug-likeness (QED) is 0.0222. The van der Waals surface area contributed by atoms with E-state index in [0.717, 1.165) is 102 Å². The average molecular weight is 1480 g/mol. The van der Waals surface area contributed by atoms with Crippen LogP contribution in [0.15, 0.2) is 0 Å². The number of phosphoric acid groups is 2. The molecule has 600 valence electrons. The van der Waals surface area contributed by atoms with Gasteiger partial charge in [0.1, 0.15) is 19.3 Å². The second kappa shape index (κ2) is 73.6. The second-order valence-electron chi connectivity index (χ2n) is 30.2. The van der Waals surface area contributed by atoms with Gasteiger partial charge in [0.25, 0.3) is 0 Å². The predicted octanol–water partition coefficient (Wildman–Crippen LogP) is 24.7. The van der Waals surface area contributed by atoms with Crippen molar-refractivity contribution in [2.24, 2.45) is 11.8 Å². The predicted molar refractivity (Wildman–Crippen MR) is 414 cm³/mol. The Labute approximate surface area is 619 Å². The molecule has 0 spiro atoms. The van der Waals surface area contributed by atoms with E-state index in [-0.39, 0.29) is 25.7 Å². The Balaban J connectivity index is 5.18. The van der Waals surface area contributed by atoms with Crippen molar-refractivity contribution in [2.45, 2.75) is 452 Å². The van der Waals surface area contributed by atoms with Gasteiger partial charge in [-0.3, -0.25) is 37.3 Å². The Morgan fingerprint density at radius 3 is 0.752 bits per heavy atom. The highest BCUT2D eigenvalue weighted by atomic mass is 31.2. The fraction of sp³-hybridized carbons (Fsp3) is 0.951. The summed E-state index contributed by atoms with van der Waals surface area (Å²) in [7, 11) is -9.92. The third kappa shape index (κ3) is 74.7. The summed E-state index contributed by atoms with van der Waals surface area (Å²) in [6, 6.07) is 0. The fourth-order valence-electron chi connectivity index (χ4n) is 12.7. The Morgan fingerprint density at radius 1 is 0.287 bits per heavy atom. The maximum atomic E-state index is 13.1. The Bertz CT molecular complexity index is 1940. The van der Waals surface area contributed by atoms with Gasteiger partial charge in [-0.05, 0) is 37.5 Å². The van der Waals surface area contributed by atoms with Crippen LogP contribution in [0, 0.1) is 11.8 Å². The third-order valence-electron chi connectivity index (χ3n) is 19.6. The monoisotopic (exact) mass is 1480 g/mol. The molecule has 0 bridgehead atoms. The van der Waals surface area contributed by atoms with Gasteiger partial charge in [-0.25, -0.2) is 9.13 Å². The van der Waals surface area contributed by atoms with E-state index in [0.29, 0.717) is 31.6 Å². The number of ether oxygens (including phenoxy) is 4. The van der Waals surface area contributed by atoms with Gasteiger partial charge < -0.3 is 33.8 Å². The number of unbranched alkanes of at least 4 members (excludes halogenated alkanes) is 50. The molecule has 0 rings (SSSR count). The van der Waals surface area contributed by atoms with Crippen LogP contribution in [0.3, 0.4) is 0 Å². The van der Waals surface area contributed by atoms with Gasteiger partial charge in [0.2, 0.25) is 0 Å². The summed E-state index contributed by atoms with van der Waals surface area (Å²) < 4.78 is 68.6. The normalized spacial score (nSPS) is 14.2. The molecule has 0 aliphatic rings. The molecule has 0 aromatic heterocycles. The number of aliphatic hydroxyl groups excluding tert-OH is 1. The smallest absolute Gasteiger partial charge is 0.462 e. The zero-order valence-electron chi connectivity index (χ0n) is 66.2. The molecule has 0 aliphatic heterocycles. The SMILES string of the molecule is CCCCCCCCCCCCCCCCCCCCCC(=O)OC[C@H](COP(=O)(O)OC[C@@H](O)COP(=O)(O)OC[C@@H](COC(=O)CCCCCCCCC(C)C)OC(=O)CCCCCCCCCCCCC)OC(=O)CCCCCCCCCCCCCCCCCCCCC(C)CC. The fourth-order valence-corrected chi connectivity index (χ4v) is 14.3. The van der Waals surface area contributed by atoms with Crippen molar-refractivity contribution in [3.8, 4) is 0 Å². The molecule has 0 radical (unpaired) electrons. The first-order valence-electron chi connectivity index (χ1n) is 42.5. The van der Waals surface area contributed by atoms with Crippen molar-refractivity contribution in [3.05, 3.63) is 0 Å². The Hall–Kier alpha value is -1.94. The molecular weight excluding hydrogens is 1320 g/mol. The molecule has 17 nitrogen and oxygen atoms in total. The number of aliphatic hydroxyl groups is 1. The summed E-state index contributed by atoms with van der Waals surface area (Å²) in [5.41, 5.74) is 0. The molecule has 0 aromatic carbocycles. The maximum absolute atomic E-state index is 13.1. The van der Waals surface area contributed by atoms with Gasteiger partial charge in [0.15, 0.2) is 12.2 Å². The molecule has 0 aliphatic carbocycles. The van der Waals surface area contributed by atoms with Crippen LogP contribution >= 0.6 is 15.6 Å². The standard InChI is InChI=1S/C82H160O17P2/c1-7-10-12-14-16-18-20-21-22-23-24-28-31-34-38-41-45-52-58-64-79(84)92-70-77(98-82(87)67-61-55-47-43-39-35-32-29-26-25-27-30-33-37-40-44-51-57-63-75(6)9-3)72-96-100(88,89)94-68-76(83)69-95-101(90,91)97-73-78(71-93-80(85)65-59-53-49-48-50-56-62-74(4)5)99-81(86)66-60-54-46-42-36-19-17-15-13-11-8-2/h74-78,83H,7-73H2,1-6H3,(H,88,89)(H,90,91)/t75?,76-,77-,78-/m1/s1. The number of carbonyl (C=O) groups is 4. The highest BCUT2D eigenvalue weighted by molar-refractivity contribution is 7.47. The molecule has 19 heteroatoms. The molecule has 6 atom stereocenters. The van der Waals surface area contributed by atoms with Crippen molar-refractivity contribution in [2.75, 3.05) is 39.6 Å². The first-order valence-corrected chi connectivity index (χ1v) is 45.5. The number of esters is 4. The summed E-state index contributed by atoms with van der Waals surface area (Å²) in [6.45, 7) is 9.61. The number of hydrogen-bond donors (Lipinski definition) is 3. The Morgan fingerprint density at radius 2 is 0.505 bits per heavy atom. The van der Waals surface area contributed by atoms with E-state index in [4.69, 9.17) is 37.0 Å². The molecule has 0 saturated carbocycles. The third-order valence-corrected chi connectivity index (χ3v) is 21.5. The molecule has 0 fully saturated rings. The molecule has 3 N–H and O–H groups in total. The number of carbonyl (C=O) groups excluding carboxylic acids is 4. The van der Waals surface area contributed by atoms with Gasteiger partial charge in [0, 0.05) is 25.7 Å². The molecule has 0 amide bonds. The topological polar surface area (TPSA) is 237 Å². The van der Waals surface area contributed by atoms with Crippen LogP contribution in [0.2, 0.25) is 0 Å². The lowest BCUT2D eigenvalue weighted by Crippen LogP contribution is -2.30. The molecule has 101 heavy (non-hydrogen) atoms. The zero-order chi connectivity index (χ0) is 74.2. The van der Waals surface area contributed by atoms with Gasteiger partial charge in [-0.2, -0.15) is 0 Å². The lowest BCUT2D eigenvalue weighted by atomic mass is 9.99. The lowest BCUT2D eigenvalue weighted by Gasteiger charge is -2.21. The van der Waals surface area contributed by atoms with Crippen LogP contribution in [0.5, 0.6) is 0 Å². The van der Waals surface area contributed by atoms with E-state index in [1.807, 2.05) is 0 Å². The minimum Gasteiger partial charge on any atom is -0.462 e. The number of hydrogen-bond acceptors (Lipinski definition) is 15. The van der Waals surface area contributed by atoms with Crippen molar-refractivity contribution >= 4 is 39.5 Å². The summed E-state index contributed by atoms with van der Waals surface area (Å²) in [4.78, 5) is 72.9. The van der Waals surface area contributed by atoms with E-state index in [2.05, 4.69) is 41.5 Å². The first kappa shape index (κ1) is 99.1. The number of phosphoric ester groups is 2. The van der Waals surface area contributed by atoms with Crippen LogP contribution in [0.25, 0.3) is 0 Å². The van der Waals surface area contributed by atoms with E-state index < -0.39 is 97.5 Å². The molecular formula is C82H160O17P2. The average Bonchev–Trinajstić information content (AvgIpc) is 0.956. The van der Waals surface area contributed by atoms with E-state index >= 15 is 0 Å². The first-order chi connectivity index (χ1) is 48.9. The summed E-state index contributed by atoms with van der Waals surface area (Å²) in [5.74, 6) is -0.560. The van der Waals surface area contributed by atoms with Crippen LogP contribution in [-0.4, -0.2) is 96.7 Å². The van der Waals surface area contributed by atoms with Crippen molar-refractivity contribution < 1.29 is 80.2 Å². The highest BCUT2D eigenvalue weighted by Crippen LogP contribution is 2.45. The van der Waals surface area contributed by atoms with Crippen LogP contribution in [-0.2, 0) is 65.4 Å². The zero-order valence-corrected chi connectivity index (χ0v) is 68.0. The van der Waals surface area contributed by atoms with Crippen LogP contribution < -0.4 is 0 Å². The van der Waals surface area contributed by atoms with Gasteiger partial charge in [-0.15, -0.1) is 0 Å². The highest BCUT2D eigenvalue weighted by Gasteiger charge is 2.30. The minimum atomic E-state index is -4.96. The van der Waals surface area contributed by atoms with E-state index in [1.165, 1.54) is 244 Å². The van der Waals surface area contributed by atoms with E-state index in [9.17, 15) is 43.2 Å². The molecule has 3 unspecified atom stereocenters. The second-order valence-corrected chi connectivity index (χ2v) is 33.1. The van der Waals surface area contributed by atoms with Crippen LogP contribution in [0.1, 0.15) is 433 Å². The summed E-state index contributed by atoms with van der Waals surface area (Å²) >= 11 is 0. The largest absolute Gasteiger partial charge is 0.472 e. The molecule has 0 aromatic rings. The summed E-state index contributed by atoms with van der Waals surface area (Å²) in [6.07, 6.45) is 64.1. The lowest BCUT2D eigenvalue weighted by molar-refractivity contribution is -0.161. The van der Waals surface area contributed by atoms with Crippen molar-refractivity contribution in [1.82, 2.24) is 0 Å². The minimum absolute atomic E-state index is 0.106. The van der Waals surface area contributed by atoms with Gasteiger partial charge in [0.05, 0.1) is 26.4 Å². The van der Waals surface area contributed by atoms with Crippen molar-refractivity contribution in [3.63, 3.8) is 0 Å². The number of rotatable bonds is 81. The van der Waals surface area contributed by atoms with Crippen LogP contribution in [0.4, 0.5) is 0 Å². The van der Waals surface area contributed by atoms with Gasteiger partial charge >= 0.3 is 39.5 Å². The summed E-state index contributed by atoms with van der Waals surface area (Å²) in [5, 5.41) is 10.6. The van der Waals surface area contributed by atoms with Gasteiger partial charge in [-0.1, -0.05) is 382 Å². The van der Waals surface area contributed by atoms with Crippen molar-refractivity contribution in [1.29, 1.82) is 0 Å². The van der Waals surface area contributed by atoms with E-state index in [1.54, 1.807) is 0 Å². The maximum Gasteiger partial charge on any atom is 0.472 e. The Kier molecular flexibility index (Phi) is 72.2. The molecule has 0 saturated heterocycles. The molecule has 0 heterocycles.